The highest BCUT2D eigenvalue weighted by Gasteiger charge is 2.16. The SMILES string of the molecule is [c]1nc(-c2ccc3ccccc3n2)c(-c2cnccn2)c2ccccc12. The third kappa shape index (κ3) is 2.40. The average Bonchev–Trinajstić information content (AvgIpc) is 2.73. The number of fused-ring (bicyclic) bond motifs is 2. The standard InChI is InChI=1S/C22H13N4/c1-3-7-17-16(6-1)13-25-22(21(17)20-14-23-11-12-24-20)19-10-9-15-5-2-4-8-18(15)26-19/h1-12,14H. The summed E-state index contributed by atoms with van der Waals surface area (Å²) in [5.74, 6) is 0. The van der Waals surface area contributed by atoms with Crippen LogP contribution in [-0.2, 0) is 0 Å². The molecule has 5 rings (SSSR count). The fourth-order valence-electron chi connectivity index (χ4n) is 3.17. The predicted octanol–water partition coefficient (Wildman–Crippen LogP) is 4.71. The first-order chi connectivity index (χ1) is 12.9. The van der Waals surface area contributed by atoms with E-state index in [0.29, 0.717) is 0 Å². The molecule has 4 nitrogen and oxygen atoms in total. The average molecular weight is 333 g/mol. The Balaban J connectivity index is 1.84. The number of para-hydroxylation sites is 1. The van der Waals surface area contributed by atoms with E-state index in [-0.39, 0.29) is 0 Å². The highest BCUT2D eigenvalue weighted by molar-refractivity contribution is 6.01. The number of nitrogens with zero attached hydrogens (tertiary/aromatic N) is 4. The van der Waals surface area contributed by atoms with Gasteiger partial charge in [0.25, 0.3) is 0 Å². The van der Waals surface area contributed by atoms with Crippen LogP contribution in [0.15, 0.2) is 79.3 Å². The van der Waals surface area contributed by atoms with E-state index < -0.39 is 0 Å². The zero-order chi connectivity index (χ0) is 17.3. The van der Waals surface area contributed by atoms with Crippen molar-refractivity contribution in [2.75, 3.05) is 0 Å². The Morgan fingerprint density at radius 2 is 1.65 bits per heavy atom. The van der Waals surface area contributed by atoms with Gasteiger partial charge in [0.2, 0.25) is 0 Å². The minimum atomic E-state index is 0.759. The molecule has 0 aliphatic carbocycles. The Labute approximate surface area is 150 Å². The largest absolute Gasteiger partial charge is 0.261 e. The van der Waals surface area contributed by atoms with Gasteiger partial charge < -0.3 is 0 Å². The van der Waals surface area contributed by atoms with Crippen molar-refractivity contribution in [1.29, 1.82) is 0 Å². The maximum atomic E-state index is 4.81. The highest BCUT2D eigenvalue weighted by Crippen LogP contribution is 2.34. The zero-order valence-corrected chi connectivity index (χ0v) is 13.8. The molecule has 2 aromatic carbocycles. The third-order valence-corrected chi connectivity index (χ3v) is 4.38. The molecule has 0 amide bonds. The second kappa shape index (κ2) is 6.01. The van der Waals surface area contributed by atoms with Crippen LogP contribution < -0.4 is 0 Å². The summed E-state index contributed by atoms with van der Waals surface area (Å²) >= 11 is 0. The van der Waals surface area contributed by atoms with Crippen molar-refractivity contribution in [3.63, 3.8) is 0 Å². The predicted molar refractivity (Wildman–Crippen MR) is 102 cm³/mol. The van der Waals surface area contributed by atoms with E-state index in [9.17, 15) is 0 Å². The number of aromatic nitrogens is 4. The van der Waals surface area contributed by atoms with Crippen LogP contribution in [0.2, 0.25) is 0 Å². The summed E-state index contributed by atoms with van der Waals surface area (Å²) < 4.78 is 0. The monoisotopic (exact) mass is 333 g/mol. The Kier molecular flexibility index (Phi) is 3.39. The number of hydrogen-bond acceptors (Lipinski definition) is 4. The lowest BCUT2D eigenvalue weighted by atomic mass is 9.99. The summed E-state index contributed by atoms with van der Waals surface area (Å²) in [7, 11) is 0. The molecule has 0 spiro atoms. The van der Waals surface area contributed by atoms with Crippen LogP contribution >= 0.6 is 0 Å². The smallest absolute Gasteiger partial charge is 0.0995 e. The summed E-state index contributed by atoms with van der Waals surface area (Å²) in [6, 6.07) is 20.2. The molecular formula is C22H13N4. The van der Waals surface area contributed by atoms with Crippen LogP contribution in [0.1, 0.15) is 0 Å². The molecule has 3 aromatic heterocycles. The molecule has 0 aliphatic rings. The van der Waals surface area contributed by atoms with Crippen LogP contribution in [0.3, 0.4) is 0 Å². The Hall–Kier alpha value is -3.66. The van der Waals surface area contributed by atoms with E-state index >= 15 is 0 Å². The number of pyridine rings is 2. The fraction of sp³-hybridized carbons (Fsp3) is 0. The van der Waals surface area contributed by atoms with Gasteiger partial charge in [-0.15, -0.1) is 0 Å². The summed E-state index contributed by atoms with van der Waals surface area (Å²) in [5, 5.41) is 3.08. The lowest BCUT2D eigenvalue weighted by Gasteiger charge is -2.11. The molecule has 0 aliphatic heterocycles. The second-order valence-corrected chi connectivity index (χ2v) is 5.97. The Bertz CT molecular complexity index is 1230. The lowest BCUT2D eigenvalue weighted by Crippen LogP contribution is -1.96. The van der Waals surface area contributed by atoms with E-state index in [1.54, 1.807) is 18.6 Å². The molecular weight excluding hydrogens is 320 g/mol. The first-order valence-electron chi connectivity index (χ1n) is 8.33. The molecule has 3 heterocycles. The second-order valence-electron chi connectivity index (χ2n) is 5.97. The number of hydrogen-bond donors (Lipinski definition) is 0. The molecule has 0 fully saturated rings. The van der Waals surface area contributed by atoms with Crippen molar-refractivity contribution in [2.24, 2.45) is 0 Å². The molecule has 121 valence electrons. The van der Waals surface area contributed by atoms with Gasteiger partial charge in [0, 0.05) is 28.7 Å². The molecule has 0 saturated heterocycles. The van der Waals surface area contributed by atoms with E-state index in [0.717, 1.165) is 44.3 Å². The van der Waals surface area contributed by atoms with Gasteiger partial charge in [-0.2, -0.15) is 0 Å². The van der Waals surface area contributed by atoms with Crippen molar-refractivity contribution >= 4 is 21.7 Å². The molecule has 0 bridgehead atoms. The lowest BCUT2D eigenvalue weighted by molar-refractivity contribution is 1.20. The quantitative estimate of drug-likeness (QED) is 0.469. The van der Waals surface area contributed by atoms with Gasteiger partial charge in [0.15, 0.2) is 0 Å². The molecule has 0 N–H and O–H groups in total. The van der Waals surface area contributed by atoms with Gasteiger partial charge in [0.05, 0.1) is 35.0 Å². The van der Waals surface area contributed by atoms with E-state index in [2.05, 4.69) is 39.3 Å². The van der Waals surface area contributed by atoms with Gasteiger partial charge in [-0.3, -0.25) is 9.97 Å². The van der Waals surface area contributed by atoms with Crippen molar-refractivity contribution in [2.45, 2.75) is 0 Å². The van der Waals surface area contributed by atoms with Crippen molar-refractivity contribution in [3.8, 4) is 22.6 Å². The molecule has 4 heteroatoms. The van der Waals surface area contributed by atoms with E-state index in [1.165, 1.54) is 0 Å². The molecule has 0 unspecified atom stereocenters. The van der Waals surface area contributed by atoms with Gasteiger partial charge in [-0.05, 0) is 17.5 Å². The maximum absolute atomic E-state index is 4.81. The van der Waals surface area contributed by atoms with Gasteiger partial charge in [-0.25, -0.2) is 9.97 Å². The molecule has 26 heavy (non-hydrogen) atoms. The molecule has 5 aromatic rings. The van der Waals surface area contributed by atoms with Gasteiger partial charge in [-0.1, -0.05) is 48.5 Å². The Morgan fingerprint density at radius 1 is 0.769 bits per heavy atom. The summed E-state index contributed by atoms with van der Waals surface area (Å²) in [6.45, 7) is 0. The van der Waals surface area contributed by atoms with E-state index in [1.807, 2.05) is 42.5 Å². The van der Waals surface area contributed by atoms with Gasteiger partial charge in [0.1, 0.15) is 0 Å². The summed E-state index contributed by atoms with van der Waals surface area (Å²) in [6.07, 6.45) is 8.26. The van der Waals surface area contributed by atoms with Crippen LogP contribution in [0.4, 0.5) is 0 Å². The van der Waals surface area contributed by atoms with Crippen LogP contribution in [0.25, 0.3) is 44.3 Å². The summed E-state index contributed by atoms with van der Waals surface area (Å²) in [4.78, 5) is 18.1. The normalized spacial score (nSPS) is 11.1. The Morgan fingerprint density at radius 3 is 2.58 bits per heavy atom. The zero-order valence-electron chi connectivity index (χ0n) is 13.8. The minimum Gasteiger partial charge on any atom is -0.261 e. The number of rotatable bonds is 2. The van der Waals surface area contributed by atoms with Crippen LogP contribution in [0.5, 0.6) is 0 Å². The van der Waals surface area contributed by atoms with Crippen LogP contribution in [0, 0.1) is 6.20 Å². The molecule has 0 atom stereocenters. The van der Waals surface area contributed by atoms with Gasteiger partial charge >= 0.3 is 0 Å². The minimum absolute atomic E-state index is 0.759. The van der Waals surface area contributed by atoms with E-state index in [4.69, 9.17) is 4.98 Å². The van der Waals surface area contributed by atoms with Crippen molar-refractivity contribution < 1.29 is 0 Å². The maximum Gasteiger partial charge on any atom is 0.0995 e. The molecule has 0 saturated carbocycles. The first-order valence-corrected chi connectivity index (χ1v) is 8.33. The topological polar surface area (TPSA) is 51.6 Å². The molecule has 1 radical (unpaired) electrons. The number of benzene rings is 2. The third-order valence-electron chi connectivity index (χ3n) is 4.38. The highest BCUT2D eigenvalue weighted by atomic mass is 14.8. The van der Waals surface area contributed by atoms with Crippen LogP contribution in [-0.4, -0.2) is 19.9 Å². The van der Waals surface area contributed by atoms with Crippen molar-refractivity contribution in [1.82, 2.24) is 19.9 Å². The van der Waals surface area contributed by atoms with Crippen molar-refractivity contribution in [3.05, 3.63) is 85.5 Å². The first kappa shape index (κ1) is 14.7. The summed E-state index contributed by atoms with van der Waals surface area (Å²) in [5.41, 5.74) is 4.19. The fourth-order valence-corrected chi connectivity index (χ4v) is 3.17.